The molecule has 2 amide bonds. The summed E-state index contributed by atoms with van der Waals surface area (Å²) in [5.41, 5.74) is 12.5. The molecular weight excluding hydrogens is 178 g/mol. The number of rotatable bonds is 3. The van der Waals surface area contributed by atoms with Gasteiger partial charge in [-0.2, -0.15) is 0 Å². The number of nitrogens with zero attached hydrogens (tertiary/aromatic N) is 1. The van der Waals surface area contributed by atoms with E-state index in [0.717, 1.165) is 17.7 Å². The minimum absolute atomic E-state index is 0.463. The lowest BCUT2D eigenvalue weighted by Gasteiger charge is -2.14. The molecule has 0 fully saturated rings. The van der Waals surface area contributed by atoms with Crippen molar-refractivity contribution in [2.24, 2.45) is 11.5 Å². The van der Waals surface area contributed by atoms with Crippen molar-refractivity contribution in [1.82, 2.24) is 0 Å². The summed E-state index contributed by atoms with van der Waals surface area (Å²) in [4.78, 5) is 12.3. The highest BCUT2D eigenvalue weighted by molar-refractivity contribution is 5.90. The Morgan fingerprint density at radius 2 is 2.21 bits per heavy atom. The van der Waals surface area contributed by atoms with Crippen LogP contribution in [0.15, 0.2) is 24.3 Å². The van der Waals surface area contributed by atoms with Gasteiger partial charge >= 0.3 is 6.03 Å². The number of anilines is 1. The molecule has 4 nitrogen and oxygen atoms in total. The van der Waals surface area contributed by atoms with Crippen molar-refractivity contribution < 1.29 is 4.79 Å². The van der Waals surface area contributed by atoms with Gasteiger partial charge in [-0.1, -0.05) is 12.1 Å². The standard InChI is InChI=1S/C10H15N3O/c1-13(10(12)14)9-4-2-3-8(7-9)5-6-11/h2-4,7H,5-6,11H2,1H3,(H2,12,14). The van der Waals surface area contributed by atoms with Gasteiger partial charge in [0, 0.05) is 12.7 Å². The molecule has 0 aliphatic heterocycles. The molecule has 14 heavy (non-hydrogen) atoms. The molecule has 1 aromatic carbocycles. The van der Waals surface area contributed by atoms with Gasteiger partial charge in [0.2, 0.25) is 0 Å². The van der Waals surface area contributed by atoms with Gasteiger partial charge in [-0.25, -0.2) is 4.79 Å². The zero-order valence-electron chi connectivity index (χ0n) is 8.23. The Morgan fingerprint density at radius 3 is 2.79 bits per heavy atom. The maximum absolute atomic E-state index is 10.9. The molecular formula is C10H15N3O. The summed E-state index contributed by atoms with van der Waals surface area (Å²) in [5.74, 6) is 0. The number of nitrogens with two attached hydrogens (primary N) is 2. The van der Waals surface area contributed by atoms with Crippen molar-refractivity contribution in [2.75, 3.05) is 18.5 Å². The van der Waals surface area contributed by atoms with Crippen LogP contribution < -0.4 is 16.4 Å². The molecule has 0 radical (unpaired) electrons. The Balaban J connectivity index is 2.87. The van der Waals surface area contributed by atoms with Crippen LogP contribution in [0.4, 0.5) is 10.5 Å². The number of hydrogen-bond donors (Lipinski definition) is 2. The highest BCUT2D eigenvalue weighted by atomic mass is 16.2. The number of hydrogen-bond acceptors (Lipinski definition) is 2. The van der Waals surface area contributed by atoms with Crippen molar-refractivity contribution in [3.8, 4) is 0 Å². The second-order valence-corrected chi connectivity index (χ2v) is 3.11. The molecule has 0 aliphatic carbocycles. The monoisotopic (exact) mass is 193 g/mol. The molecule has 4 N–H and O–H groups in total. The first-order chi connectivity index (χ1) is 6.65. The topological polar surface area (TPSA) is 72.3 Å². The lowest BCUT2D eigenvalue weighted by Crippen LogP contribution is -2.31. The van der Waals surface area contributed by atoms with E-state index in [-0.39, 0.29) is 0 Å². The Kier molecular flexibility index (Phi) is 3.48. The minimum atomic E-state index is -0.463. The molecule has 0 saturated carbocycles. The first-order valence-corrected chi connectivity index (χ1v) is 4.47. The fourth-order valence-electron chi connectivity index (χ4n) is 1.21. The second-order valence-electron chi connectivity index (χ2n) is 3.11. The predicted octanol–water partition coefficient (Wildman–Crippen LogP) is 0.703. The van der Waals surface area contributed by atoms with E-state index in [0.29, 0.717) is 6.54 Å². The normalized spacial score (nSPS) is 9.86. The largest absolute Gasteiger partial charge is 0.351 e. The summed E-state index contributed by atoms with van der Waals surface area (Å²) in [6.45, 7) is 0.601. The number of amides is 2. The first-order valence-electron chi connectivity index (χ1n) is 4.47. The van der Waals surface area contributed by atoms with Crippen molar-refractivity contribution in [1.29, 1.82) is 0 Å². The van der Waals surface area contributed by atoms with Crippen LogP contribution in [-0.2, 0) is 6.42 Å². The first kappa shape index (κ1) is 10.5. The molecule has 0 spiro atoms. The van der Waals surface area contributed by atoms with Gasteiger partial charge in [-0.3, -0.25) is 4.90 Å². The number of benzene rings is 1. The average molecular weight is 193 g/mol. The summed E-state index contributed by atoms with van der Waals surface area (Å²) in [6, 6.07) is 7.16. The summed E-state index contributed by atoms with van der Waals surface area (Å²) >= 11 is 0. The molecule has 76 valence electrons. The van der Waals surface area contributed by atoms with E-state index in [9.17, 15) is 4.79 Å². The third-order valence-electron chi connectivity index (χ3n) is 2.06. The Labute approximate surface area is 83.5 Å². The van der Waals surface area contributed by atoms with Gasteiger partial charge in [0.05, 0.1) is 0 Å². The third-order valence-corrected chi connectivity index (χ3v) is 2.06. The lowest BCUT2D eigenvalue weighted by atomic mass is 10.1. The van der Waals surface area contributed by atoms with Crippen LogP contribution >= 0.6 is 0 Å². The molecule has 0 bridgehead atoms. The van der Waals surface area contributed by atoms with Crippen LogP contribution in [0.5, 0.6) is 0 Å². The zero-order valence-corrected chi connectivity index (χ0v) is 8.23. The number of carbonyl (C=O) groups is 1. The van der Waals surface area contributed by atoms with Gasteiger partial charge in [0.15, 0.2) is 0 Å². The average Bonchev–Trinajstić information content (AvgIpc) is 2.17. The van der Waals surface area contributed by atoms with Crippen LogP contribution in [0, 0.1) is 0 Å². The van der Waals surface area contributed by atoms with E-state index in [4.69, 9.17) is 11.5 Å². The molecule has 1 aromatic rings. The molecule has 0 saturated heterocycles. The smallest absolute Gasteiger partial charge is 0.318 e. The molecule has 0 atom stereocenters. The maximum atomic E-state index is 10.9. The van der Waals surface area contributed by atoms with E-state index >= 15 is 0 Å². The van der Waals surface area contributed by atoms with Crippen LogP contribution in [0.1, 0.15) is 5.56 Å². The molecule has 1 rings (SSSR count). The van der Waals surface area contributed by atoms with Crippen molar-refractivity contribution in [2.45, 2.75) is 6.42 Å². The quantitative estimate of drug-likeness (QED) is 0.741. The van der Waals surface area contributed by atoms with Crippen molar-refractivity contribution >= 4 is 11.7 Å². The predicted molar refractivity (Wildman–Crippen MR) is 57.2 cm³/mol. The number of carbonyl (C=O) groups excluding carboxylic acids is 1. The van der Waals surface area contributed by atoms with Gasteiger partial charge in [0.25, 0.3) is 0 Å². The van der Waals surface area contributed by atoms with E-state index in [1.165, 1.54) is 4.90 Å². The summed E-state index contributed by atoms with van der Waals surface area (Å²) in [5, 5.41) is 0. The fourth-order valence-corrected chi connectivity index (χ4v) is 1.21. The highest BCUT2D eigenvalue weighted by Crippen LogP contribution is 2.14. The Bertz CT molecular complexity index is 325. The summed E-state index contributed by atoms with van der Waals surface area (Å²) in [7, 11) is 1.64. The molecule has 0 heterocycles. The van der Waals surface area contributed by atoms with E-state index in [2.05, 4.69) is 0 Å². The van der Waals surface area contributed by atoms with Gasteiger partial charge in [-0.15, -0.1) is 0 Å². The van der Waals surface area contributed by atoms with Gasteiger partial charge < -0.3 is 11.5 Å². The van der Waals surface area contributed by atoms with E-state index in [1.54, 1.807) is 7.05 Å². The van der Waals surface area contributed by atoms with Crippen LogP contribution in [0.25, 0.3) is 0 Å². The van der Waals surface area contributed by atoms with Crippen molar-refractivity contribution in [3.63, 3.8) is 0 Å². The van der Waals surface area contributed by atoms with Crippen LogP contribution in [-0.4, -0.2) is 19.6 Å². The van der Waals surface area contributed by atoms with E-state index < -0.39 is 6.03 Å². The molecule has 0 aliphatic rings. The Hall–Kier alpha value is -1.55. The SMILES string of the molecule is CN(C(N)=O)c1cccc(CCN)c1. The van der Waals surface area contributed by atoms with Gasteiger partial charge in [0.1, 0.15) is 0 Å². The fraction of sp³-hybridized carbons (Fsp3) is 0.300. The summed E-state index contributed by atoms with van der Waals surface area (Å²) < 4.78 is 0. The number of primary amides is 1. The molecule has 0 unspecified atom stereocenters. The van der Waals surface area contributed by atoms with Crippen LogP contribution in [0.3, 0.4) is 0 Å². The second kappa shape index (κ2) is 4.62. The highest BCUT2D eigenvalue weighted by Gasteiger charge is 2.05. The molecule has 0 aromatic heterocycles. The minimum Gasteiger partial charge on any atom is -0.351 e. The number of urea groups is 1. The molecule has 4 heteroatoms. The van der Waals surface area contributed by atoms with Gasteiger partial charge in [-0.05, 0) is 30.7 Å². The van der Waals surface area contributed by atoms with E-state index in [1.807, 2.05) is 24.3 Å². The summed E-state index contributed by atoms with van der Waals surface area (Å²) in [6.07, 6.45) is 0.806. The maximum Gasteiger partial charge on any atom is 0.318 e. The zero-order chi connectivity index (χ0) is 10.6. The van der Waals surface area contributed by atoms with Crippen molar-refractivity contribution in [3.05, 3.63) is 29.8 Å². The Morgan fingerprint density at radius 1 is 1.50 bits per heavy atom. The van der Waals surface area contributed by atoms with Crippen LogP contribution in [0.2, 0.25) is 0 Å². The third kappa shape index (κ3) is 2.47. The lowest BCUT2D eigenvalue weighted by molar-refractivity contribution is 0.255.